The highest BCUT2D eigenvalue weighted by Gasteiger charge is 2.45. The highest BCUT2D eigenvalue weighted by Crippen LogP contribution is 2.49. The number of carbonyl (C=O) groups is 2. The zero-order chi connectivity index (χ0) is 14.9. The van der Waals surface area contributed by atoms with Gasteiger partial charge in [-0.1, -0.05) is 19.1 Å². The summed E-state index contributed by atoms with van der Waals surface area (Å²) in [7, 11) is 1.83. The lowest BCUT2D eigenvalue weighted by Gasteiger charge is -2.30. The van der Waals surface area contributed by atoms with Crippen LogP contribution < -0.4 is 0 Å². The summed E-state index contributed by atoms with van der Waals surface area (Å²) in [6.07, 6.45) is 2.58. The minimum absolute atomic E-state index is 0.0353. The molecule has 0 saturated heterocycles. The maximum atomic E-state index is 12.3. The third kappa shape index (κ3) is 3.00. The molecule has 0 bridgehead atoms. The van der Waals surface area contributed by atoms with E-state index < -0.39 is 5.97 Å². The van der Waals surface area contributed by atoms with Gasteiger partial charge in [-0.2, -0.15) is 0 Å². The molecule has 1 fully saturated rings. The molecule has 2 rings (SSSR count). The summed E-state index contributed by atoms with van der Waals surface area (Å²) in [6, 6.07) is 6.79. The number of hydrogen-bond acceptors (Lipinski definition) is 2. The summed E-state index contributed by atoms with van der Waals surface area (Å²) in [4.78, 5) is 25.0. The Bertz CT molecular complexity index is 534. The van der Waals surface area contributed by atoms with E-state index >= 15 is 0 Å². The Morgan fingerprint density at radius 2 is 2.05 bits per heavy atom. The molecule has 4 heteroatoms. The van der Waals surface area contributed by atoms with Gasteiger partial charge in [0.2, 0.25) is 5.91 Å². The maximum absolute atomic E-state index is 12.3. The van der Waals surface area contributed by atoms with Crippen LogP contribution in [-0.4, -0.2) is 35.0 Å². The van der Waals surface area contributed by atoms with E-state index in [1.807, 2.05) is 7.05 Å². The SMILES string of the molecule is CC(N(C)C(=O)Cc1cccc(C(=O)O)c1)C1(C)CC1. The van der Waals surface area contributed by atoms with Crippen molar-refractivity contribution in [1.29, 1.82) is 0 Å². The minimum Gasteiger partial charge on any atom is -0.478 e. The quantitative estimate of drug-likeness (QED) is 0.898. The molecule has 0 aliphatic heterocycles. The lowest BCUT2D eigenvalue weighted by molar-refractivity contribution is -0.132. The van der Waals surface area contributed by atoms with E-state index in [0.717, 1.165) is 5.56 Å². The first kappa shape index (κ1) is 14.6. The van der Waals surface area contributed by atoms with Crippen LogP contribution >= 0.6 is 0 Å². The van der Waals surface area contributed by atoms with Crippen LogP contribution in [0.25, 0.3) is 0 Å². The molecule has 1 aliphatic carbocycles. The van der Waals surface area contributed by atoms with Crippen molar-refractivity contribution >= 4 is 11.9 Å². The fourth-order valence-corrected chi connectivity index (χ4v) is 2.41. The van der Waals surface area contributed by atoms with Gasteiger partial charge in [-0.3, -0.25) is 4.79 Å². The molecule has 1 aromatic carbocycles. The lowest BCUT2D eigenvalue weighted by Crippen LogP contribution is -2.40. The number of carboxylic acids is 1. The third-order valence-corrected chi connectivity index (χ3v) is 4.55. The molecule has 1 N–H and O–H groups in total. The van der Waals surface area contributed by atoms with Crippen molar-refractivity contribution in [2.45, 2.75) is 39.2 Å². The number of carbonyl (C=O) groups excluding carboxylic acids is 1. The fraction of sp³-hybridized carbons (Fsp3) is 0.500. The molecule has 108 valence electrons. The van der Waals surface area contributed by atoms with Gasteiger partial charge in [0.25, 0.3) is 0 Å². The number of rotatable bonds is 5. The molecule has 0 spiro atoms. The lowest BCUT2D eigenvalue weighted by atomic mass is 9.98. The summed E-state index contributed by atoms with van der Waals surface area (Å²) in [5.74, 6) is -0.931. The Morgan fingerprint density at radius 1 is 1.40 bits per heavy atom. The van der Waals surface area contributed by atoms with Gasteiger partial charge in [0, 0.05) is 13.1 Å². The molecule has 0 heterocycles. The molecular weight excluding hydrogens is 254 g/mol. The van der Waals surface area contributed by atoms with Crippen LogP contribution in [0.2, 0.25) is 0 Å². The van der Waals surface area contributed by atoms with Crippen LogP contribution in [0.5, 0.6) is 0 Å². The molecule has 1 saturated carbocycles. The Labute approximate surface area is 119 Å². The highest BCUT2D eigenvalue weighted by atomic mass is 16.4. The number of nitrogens with zero attached hydrogens (tertiary/aromatic N) is 1. The summed E-state index contributed by atoms with van der Waals surface area (Å²) < 4.78 is 0. The van der Waals surface area contributed by atoms with Gasteiger partial charge < -0.3 is 10.0 Å². The van der Waals surface area contributed by atoms with E-state index in [2.05, 4.69) is 13.8 Å². The number of aromatic carboxylic acids is 1. The average Bonchev–Trinajstić information content (AvgIpc) is 3.16. The van der Waals surface area contributed by atoms with Gasteiger partial charge in [-0.15, -0.1) is 0 Å². The molecule has 0 aromatic heterocycles. The van der Waals surface area contributed by atoms with Crippen molar-refractivity contribution in [2.24, 2.45) is 5.41 Å². The molecule has 1 aliphatic rings. The number of amides is 1. The molecule has 4 nitrogen and oxygen atoms in total. The van der Waals surface area contributed by atoms with Gasteiger partial charge in [-0.05, 0) is 42.9 Å². The van der Waals surface area contributed by atoms with Gasteiger partial charge in [0.05, 0.1) is 12.0 Å². The van der Waals surface area contributed by atoms with E-state index in [9.17, 15) is 9.59 Å². The molecule has 1 aromatic rings. The van der Waals surface area contributed by atoms with Crippen LogP contribution in [-0.2, 0) is 11.2 Å². The first-order valence-corrected chi connectivity index (χ1v) is 6.91. The van der Waals surface area contributed by atoms with E-state index in [-0.39, 0.29) is 29.3 Å². The normalized spacial score (nSPS) is 17.4. The van der Waals surface area contributed by atoms with Crippen molar-refractivity contribution in [1.82, 2.24) is 4.90 Å². The molecule has 0 radical (unpaired) electrons. The molecule has 1 amide bonds. The average molecular weight is 275 g/mol. The number of carboxylic acid groups (broad SMARTS) is 1. The van der Waals surface area contributed by atoms with E-state index in [1.165, 1.54) is 18.9 Å². The Balaban J connectivity index is 2.04. The van der Waals surface area contributed by atoms with Crippen LogP contribution in [0.3, 0.4) is 0 Å². The predicted molar refractivity (Wildman–Crippen MR) is 76.7 cm³/mol. The number of likely N-dealkylation sites (N-methyl/N-ethyl adjacent to an activating group) is 1. The molecule has 20 heavy (non-hydrogen) atoms. The Kier molecular flexibility index (Phi) is 3.84. The van der Waals surface area contributed by atoms with Gasteiger partial charge in [-0.25, -0.2) is 4.79 Å². The molecule has 1 atom stereocenters. The smallest absolute Gasteiger partial charge is 0.335 e. The van der Waals surface area contributed by atoms with Crippen molar-refractivity contribution < 1.29 is 14.7 Å². The summed E-state index contributed by atoms with van der Waals surface area (Å²) in [6.45, 7) is 4.28. The topological polar surface area (TPSA) is 57.6 Å². The van der Waals surface area contributed by atoms with Crippen molar-refractivity contribution in [3.8, 4) is 0 Å². The summed E-state index contributed by atoms with van der Waals surface area (Å²) >= 11 is 0. The monoisotopic (exact) mass is 275 g/mol. The van der Waals surface area contributed by atoms with Crippen molar-refractivity contribution in [3.05, 3.63) is 35.4 Å². The largest absolute Gasteiger partial charge is 0.478 e. The predicted octanol–water partition coefficient (Wildman–Crippen LogP) is 2.57. The van der Waals surface area contributed by atoms with Gasteiger partial charge in [0.15, 0.2) is 0 Å². The van der Waals surface area contributed by atoms with E-state index in [1.54, 1.807) is 23.1 Å². The standard InChI is InChI=1S/C16H21NO3/c1-11(16(2)7-8-16)17(3)14(18)10-12-5-4-6-13(9-12)15(19)20/h4-6,9,11H,7-8,10H2,1-3H3,(H,19,20). The zero-order valence-corrected chi connectivity index (χ0v) is 12.2. The first-order valence-electron chi connectivity index (χ1n) is 6.91. The van der Waals surface area contributed by atoms with Gasteiger partial charge in [0.1, 0.15) is 0 Å². The van der Waals surface area contributed by atoms with Crippen LogP contribution in [0, 0.1) is 5.41 Å². The number of benzene rings is 1. The summed E-state index contributed by atoms with van der Waals surface area (Å²) in [5, 5.41) is 8.96. The van der Waals surface area contributed by atoms with Crippen molar-refractivity contribution in [3.63, 3.8) is 0 Å². The zero-order valence-electron chi connectivity index (χ0n) is 12.2. The van der Waals surface area contributed by atoms with Gasteiger partial charge >= 0.3 is 5.97 Å². The van der Waals surface area contributed by atoms with E-state index in [0.29, 0.717) is 0 Å². The summed E-state index contributed by atoms with van der Waals surface area (Å²) in [5.41, 5.74) is 1.22. The molecular formula is C16H21NO3. The van der Waals surface area contributed by atoms with E-state index in [4.69, 9.17) is 5.11 Å². The minimum atomic E-state index is -0.966. The maximum Gasteiger partial charge on any atom is 0.335 e. The third-order valence-electron chi connectivity index (χ3n) is 4.55. The Hall–Kier alpha value is -1.84. The van der Waals surface area contributed by atoms with Crippen molar-refractivity contribution in [2.75, 3.05) is 7.05 Å². The first-order chi connectivity index (χ1) is 9.33. The van der Waals surface area contributed by atoms with Crippen LogP contribution in [0.15, 0.2) is 24.3 Å². The second-order valence-electron chi connectivity index (χ2n) is 6.02. The second kappa shape index (κ2) is 5.27. The van der Waals surface area contributed by atoms with Crippen LogP contribution in [0.4, 0.5) is 0 Å². The van der Waals surface area contributed by atoms with Crippen LogP contribution in [0.1, 0.15) is 42.6 Å². The Morgan fingerprint density at radius 3 is 2.60 bits per heavy atom. The molecule has 1 unspecified atom stereocenters. The highest BCUT2D eigenvalue weighted by molar-refractivity contribution is 5.88. The second-order valence-corrected chi connectivity index (χ2v) is 6.02. The fourth-order valence-electron chi connectivity index (χ4n) is 2.41. The number of hydrogen-bond donors (Lipinski definition) is 1.